The molecule has 1 N–H and O–H groups in total. The highest BCUT2D eigenvalue weighted by Crippen LogP contribution is 2.30. The SMILES string of the molecule is CCCNC(c1cccc2cccnc12)C1CCCO1. The van der Waals surface area contributed by atoms with Crippen LogP contribution in [0.25, 0.3) is 10.9 Å². The van der Waals surface area contributed by atoms with Gasteiger partial charge in [0.15, 0.2) is 0 Å². The smallest absolute Gasteiger partial charge is 0.0771 e. The van der Waals surface area contributed by atoms with E-state index in [9.17, 15) is 0 Å². The lowest BCUT2D eigenvalue weighted by Crippen LogP contribution is -2.32. The molecule has 1 aromatic carbocycles. The summed E-state index contributed by atoms with van der Waals surface area (Å²) >= 11 is 0. The minimum Gasteiger partial charge on any atom is -0.376 e. The summed E-state index contributed by atoms with van der Waals surface area (Å²) in [7, 11) is 0. The Morgan fingerprint density at radius 1 is 1.35 bits per heavy atom. The first-order chi connectivity index (χ1) is 9.90. The number of benzene rings is 1. The lowest BCUT2D eigenvalue weighted by Gasteiger charge is -2.25. The largest absolute Gasteiger partial charge is 0.376 e. The van der Waals surface area contributed by atoms with E-state index in [2.05, 4.69) is 41.5 Å². The average molecular weight is 270 g/mol. The van der Waals surface area contributed by atoms with E-state index in [4.69, 9.17) is 4.74 Å². The van der Waals surface area contributed by atoms with Gasteiger partial charge in [0.25, 0.3) is 0 Å². The zero-order chi connectivity index (χ0) is 13.8. The van der Waals surface area contributed by atoms with E-state index in [0.29, 0.717) is 0 Å². The van der Waals surface area contributed by atoms with Crippen molar-refractivity contribution in [3.8, 4) is 0 Å². The van der Waals surface area contributed by atoms with Crippen molar-refractivity contribution in [1.29, 1.82) is 0 Å². The Morgan fingerprint density at radius 3 is 3.05 bits per heavy atom. The monoisotopic (exact) mass is 270 g/mol. The summed E-state index contributed by atoms with van der Waals surface area (Å²) in [6.45, 7) is 4.09. The van der Waals surface area contributed by atoms with Crippen molar-refractivity contribution in [2.45, 2.75) is 38.3 Å². The molecule has 1 aliphatic rings. The lowest BCUT2D eigenvalue weighted by molar-refractivity contribution is 0.0787. The molecule has 3 heteroatoms. The van der Waals surface area contributed by atoms with Crippen molar-refractivity contribution in [2.75, 3.05) is 13.2 Å². The zero-order valence-electron chi connectivity index (χ0n) is 12.0. The number of hydrogen-bond donors (Lipinski definition) is 1. The van der Waals surface area contributed by atoms with Crippen LogP contribution in [0.1, 0.15) is 37.8 Å². The molecule has 0 radical (unpaired) electrons. The van der Waals surface area contributed by atoms with Gasteiger partial charge < -0.3 is 10.1 Å². The predicted octanol–water partition coefficient (Wildman–Crippen LogP) is 3.45. The first-order valence-corrected chi connectivity index (χ1v) is 7.59. The highest BCUT2D eigenvalue weighted by atomic mass is 16.5. The number of para-hydroxylation sites is 1. The van der Waals surface area contributed by atoms with E-state index < -0.39 is 0 Å². The van der Waals surface area contributed by atoms with E-state index in [0.717, 1.165) is 37.9 Å². The zero-order valence-corrected chi connectivity index (χ0v) is 12.0. The fourth-order valence-corrected chi connectivity index (χ4v) is 2.99. The molecule has 2 unspecified atom stereocenters. The molecule has 0 spiro atoms. The van der Waals surface area contributed by atoms with Crippen LogP contribution >= 0.6 is 0 Å². The number of pyridine rings is 1. The van der Waals surface area contributed by atoms with Crippen LogP contribution < -0.4 is 5.32 Å². The number of nitrogens with zero attached hydrogens (tertiary/aromatic N) is 1. The maximum Gasteiger partial charge on any atom is 0.0771 e. The molecule has 0 bridgehead atoms. The summed E-state index contributed by atoms with van der Waals surface area (Å²) in [6.07, 6.45) is 5.56. The van der Waals surface area contributed by atoms with E-state index in [1.807, 2.05) is 12.3 Å². The third-order valence-corrected chi connectivity index (χ3v) is 3.95. The number of ether oxygens (including phenoxy) is 1. The standard InChI is InChI=1S/C17H22N2O/c1-2-10-18-17(15-9-5-12-20-15)14-8-3-6-13-7-4-11-19-16(13)14/h3-4,6-8,11,15,17-18H,2,5,9-10,12H2,1H3. The van der Waals surface area contributed by atoms with Crippen molar-refractivity contribution < 1.29 is 4.74 Å². The highest BCUT2D eigenvalue weighted by molar-refractivity contribution is 5.82. The maximum absolute atomic E-state index is 5.93. The van der Waals surface area contributed by atoms with Crippen molar-refractivity contribution in [3.05, 3.63) is 42.1 Å². The molecule has 1 aliphatic heterocycles. The van der Waals surface area contributed by atoms with Gasteiger partial charge in [-0.1, -0.05) is 31.2 Å². The van der Waals surface area contributed by atoms with E-state index in [1.54, 1.807) is 0 Å². The molecule has 3 nitrogen and oxygen atoms in total. The second-order valence-corrected chi connectivity index (χ2v) is 5.41. The van der Waals surface area contributed by atoms with Gasteiger partial charge in [0.05, 0.1) is 17.7 Å². The minimum atomic E-state index is 0.246. The number of rotatable bonds is 5. The summed E-state index contributed by atoms with van der Waals surface area (Å²) in [5, 5.41) is 4.86. The van der Waals surface area contributed by atoms with E-state index >= 15 is 0 Å². The number of aromatic nitrogens is 1. The van der Waals surface area contributed by atoms with Crippen LogP contribution in [-0.4, -0.2) is 24.2 Å². The van der Waals surface area contributed by atoms with Gasteiger partial charge in [-0.05, 0) is 37.4 Å². The minimum absolute atomic E-state index is 0.246. The van der Waals surface area contributed by atoms with Gasteiger partial charge in [0.1, 0.15) is 0 Å². The van der Waals surface area contributed by atoms with Crippen LogP contribution in [0.2, 0.25) is 0 Å². The molecule has 2 atom stereocenters. The topological polar surface area (TPSA) is 34.2 Å². The predicted molar refractivity (Wildman–Crippen MR) is 81.8 cm³/mol. The molecule has 1 aromatic heterocycles. The molecule has 0 aliphatic carbocycles. The van der Waals surface area contributed by atoms with Crippen molar-refractivity contribution in [1.82, 2.24) is 10.3 Å². The van der Waals surface area contributed by atoms with E-state index in [1.165, 1.54) is 10.9 Å². The molecule has 1 fully saturated rings. The van der Waals surface area contributed by atoms with Crippen LogP contribution in [0.3, 0.4) is 0 Å². The Kier molecular flexibility index (Phi) is 4.28. The summed E-state index contributed by atoms with van der Waals surface area (Å²) in [5.41, 5.74) is 2.36. The molecule has 106 valence electrons. The fourth-order valence-electron chi connectivity index (χ4n) is 2.99. The molecular formula is C17H22N2O. The third kappa shape index (κ3) is 2.69. The Morgan fingerprint density at radius 2 is 2.25 bits per heavy atom. The molecule has 20 heavy (non-hydrogen) atoms. The quantitative estimate of drug-likeness (QED) is 0.903. The van der Waals surface area contributed by atoms with Crippen LogP contribution in [0.5, 0.6) is 0 Å². The van der Waals surface area contributed by atoms with Crippen LogP contribution in [0.15, 0.2) is 36.5 Å². The van der Waals surface area contributed by atoms with Gasteiger partial charge in [0, 0.05) is 18.2 Å². The normalized spacial score (nSPS) is 20.4. The van der Waals surface area contributed by atoms with Crippen molar-refractivity contribution in [3.63, 3.8) is 0 Å². The van der Waals surface area contributed by atoms with Gasteiger partial charge in [-0.25, -0.2) is 0 Å². The molecular weight excluding hydrogens is 248 g/mol. The number of hydrogen-bond acceptors (Lipinski definition) is 3. The highest BCUT2D eigenvalue weighted by Gasteiger charge is 2.28. The van der Waals surface area contributed by atoms with Crippen molar-refractivity contribution >= 4 is 10.9 Å². The van der Waals surface area contributed by atoms with Gasteiger partial charge in [0.2, 0.25) is 0 Å². The van der Waals surface area contributed by atoms with Crippen molar-refractivity contribution in [2.24, 2.45) is 0 Å². The molecule has 2 aromatic rings. The van der Waals surface area contributed by atoms with Crippen LogP contribution in [0.4, 0.5) is 0 Å². The number of fused-ring (bicyclic) bond motifs is 1. The molecule has 1 saturated heterocycles. The lowest BCUT2D eigenvalue weighted by atomic mass is 9.96. The summed E-state index contributed by atoms with van der Waals surface area (Å²) in [4.78, 5) is 4.59. The summed E-state index contributed by atoms with van der Waals surface area (Å²) in [6, 6.07) is 10.8. The van der Waals surface area contributed by atoms with Gasteiger partial charge in [-0.2, -0.15) is 0 Å². The van der Waals surface area contributed by atoms with Crippen LogP contribution in [-0.2, 0) is 4.74 Å². The second-order valence-electron chi connectivity index (χ2n) is 5.41. The Balaban J connectivity index is 1.99. The third-order valence-electron chi connectivity index (χ3n) is 3.95. The van der Waals surface area contributed by atoms with Crippen LogP contribution in [0, 0.1) is 0 Å². The summed E-state index contributed by atoms with van der Waals surface area (Å²) in [5.74, 6) is 0. The molecule has 3 rings (SSSR count). The maximum atomic E-state index is 5.93. The van der Waals surface area contributed by atoms with Gasteiger partial charge in [-0.3, -0.25) is 4.98 Å². The Bertz CT molecular complexity index is 558. The Hall–Kier alpha value is -1.45. The Labute approximate surface area is 120 Å². The molecule has 2 heterocycles. The first-order valence-electron chi connectivity index (χ1n) is 7.59. The molecule has 0 saturated carbocycles. The average Bonchev–Trinajstić information content (AvgIpc) is 3.02. The first kappa shape index (κ1) is 13.5. The summed E-state index contributed by atoms with van der Waals surface area (Å²) < 4.78 is 5.93. The van der Waals surface area contributed by atoms with Gasteiger partial charge >= 0.3 is 0 Å². The second kappa shape index (κ2) is 6.33. The fraction of sp³-hybridized carbons (Fsp3) is 0.471. The number of nitrogens with one attached hydrogen (secondary N) is 1. The molecule has 0 amide bonds. The van der Waals surface area contributed by atoms with Gasteiger partial charge in [-0.15, -0.1) is 0 Å². The van der Waals surface area contributed by atoms with E-state index in [-0.39, 0.29) is 12.1 Å².